The van der Waals surface area contributed by atoms with Crippen LogP contribution in [0.2, 0.25) is 0 Å². The van der Waals surface area contributed by atoms with Crippen molar-refractivity contribution >= 4 is 22.5 Å². The third-order valence-electron chi connectivity index (χ3n) is 3.44. The van der Waals surface area contributed by atoms with Crippen LogP contribution in [-0.2, 0) is 4.74 Å². The summed E-state index contributed by atoms with van der Waals surface area (Å²) >= 11 is 0. The van der Waals surface area contributed by atoms with E-state index in [1.165, 1.54) is 0 Å². The van der Waals surface area contributed by atoms with Crippen LogP contribution in [0, 0.1) is 0 Å². The molecular weight excluding hydrogens is 256 g/mol. The van der Waals surface area contributed by atoms with Crippen LogP contribution in [-0.4, -0.2) is 30.1 Å². The molecule has 1 aliphatic heterocycles. The van der Waals surface area contributed by atoms with Gasteiger partial charge in [-0.15, -0.1) is 0 Å². The fourth-order valence-electron chi connectivity index (χ4n) is 2.40. The molecule has 6 heteroatoms. The molecule has 1 unspecified atom stereocenters. The second-order valence-electron chi connectivity index (χ2n) is 4.74. The first-order chi connectivity index (χ1) is 9.79. The molecule has 1 aromatic heterocycles. The Bertz CT molecular complexity index is 638. The highest BCUT2D eigenvalue weighted by atomic mass is 16.5. The van der Waals surface area contributed by atoms with E-state index in [1.807, 2.05) is 24.3 Å². The molecule has 0 aliphatic carbocycles. The van der Waals surface area contributed by atoms with Crippen molar-refractivity contribution in [3.8, 4) is 0 Å². The van der Waals surface area contributed by atoms with Gasteiger partial charge in [0, 0.05) is 18.2 Å². The highest BCUT2D eigenvalue weighted by Gasteiger charge is 2.20. The van der Waals surface area contributed by atoms with Crippen LogP contribution in [0.15, 0.2) is 30.5 Å². The van der Waals surface area contributed by atoms with E-state index in [0.29, 0.717) is 24.6 Å². The van der Waals surface area contributed by atoms with Crippen molar-refractivity contribution in [3.05, 3.63) is 36.0 Å². The summed E-state index contributed by atoms with van der Waals surface area (Å²) in [4.78, 5) is 16.5. The van der Waals surface area contributed by atoms with Gasteiger partial charge in [0.2, 0.25) is 0 Å². The fraction of sp³-hybridized carbons (Fsp3) is 0.286. The van der Waals surface area contributed by atoms with Crippen molar-refractivity contribution < 1.29 is 9.53 Å². The van der Waals surface area contributed by atoms with Crippen molar-refractivity contribution in [2.75, 3.05) is 18.6 Å². The molecule has 1 aromatic carbocycles. The fourth-order valence-corrected chi connectivity index (χ4v) is 2.40. The van der Waals surface area contributed by atoms with Gasteiger partial charge in [0.05, 0.1) is 18.2 Å². The summed E-state index contributed by atoms with van der Waals surface area (Å²) in [6, 6.07) is 7.62. The predicted octanol–water partition coefficient (Wildman–Crippen LogP) is 1.04. The minimum Gasteiger partial charge on any atom is -0.379 e. The lowest BCUT2D eigenvalue weighted by Gasteiger charge is -2.13. The number of pyridine rings is 1. The minimum absolute atomic E-state index is 0.0774. The van der Waals surface area contributed by atoms with Crippen molar-refractivity contribution in [1.29, 1.82) is 0 Å². The number of hydrogen-bond donors (Lipinski definition) is 3. The monoisotopic (exact) mass is 272 g/mol. The summed E-state index contributed by atoms with van der Waals surface area (Å²) in [7, 11) is 0. The molecule has 2 heterocycles. The molecule has 6 nitrogen and oxygen atoms in total. The standard InChI is InChI=1S/C14H16N4O2/c15-18-13-11-4-2-1-3-10(11)12(7-16-13)14(19)17-9-5-6-20-8-9/h1-4,7,9H,5-6,8,15H2,(H,16,18)(H,17,19). The predicted molar refractivity (Wildman–Crippen MR) is 76.2 cm³/mol. The Balaban J connectivity index is 1.96. The molecule has 1 atom stereocenters. The molecule has 0 saturated carbocycles. The molecule has 0 bridgehead atoms. The van der Waals surface area contributed by atoms with Crippen LogP contribution in [0.4, 0.5) is 5.82 Å². The minimum atomic E-state index is -0.132. The Morgan fingerprint density at radius 3 is 2.85 bits per heavy atom. The molecule has 1 fully saturated rings. The first kappa shape index (κ1) is 12.8. The van der Waals surface area contributed by atoms with Crippen LogP contribution in [0.3, 0.4) is 0 Å². The van der Waals surface area contributed by atoms with E-state index in [4.69, 9.17) is 10.6 Å². The number of nitrogens with two attached hydrogens (primary N) is 1. The van der Waals surface area contributed by atoms with Gasteiger partial charge in [-0.2, -0.15) is 0 Å². The molecule has 20 heavy (non-hydrogen) atoms. The van der Waals surface area contributed by atoms with Gasteiger partial charge in [0.1, 0.15) is 5.82 Å². The number of rotatable bonds is 3. The van der Waals surface area contributed by atoms with Crippen LogP contribution in [0.5, 0.6) is 0 Å². The number of anilines is 1. The van der Waals surface area contributed by atoms with Crippen molar-refractivity contribution in [1.82, 2.24) is 10.3 Å². The van der Waals surface area contributed by atoms with Gasteiger partial charge in [0.25, 0.3) is 5.91 Å². The average molecular weight is 272 g/mol. The second kappa shape index (κ2) is 5.44. The SMILES string of the molecule is NNc1ncc(C(=O)NC2CCOC2)c2ccccc12. The van der Waals surface area contributed by atoms with E-state index in [1.54, 1.807) is 6.20 Å². The molecule has 1 saturated heterocycles. The highest BCUT2D eigenvalue weighted by Crippen LogP contribution is 2.24. The number of carbonyl (C=O) groups excluding carboxylic acids is 1. The maximum Gasteiger partial charge on any atom is 0.253 e. The van der Waals surface area contributed by atoms with Crippen molar-refractivity contribution in [2.24, 2.45) is 5.84 Å². The number of hydrazine groups is 1. The third kappa shape index (κ3) is 2.31. The van der Waals surface area contributed by atoms with Gasteiger partial charge in [-0.3, -0.25) is 4.79 Å². The second-order valence-corrected chi connectivity index (χ2v) is 4.74. The van der Waals surface area contributed by atoms with E-state index in [9.17, 15) is 4.79 Å². The summed E-state index contributed by atoms with van der Waals surface area (Å²) in [5.41, 5.74) is 3.09. The average Bonchev–Trinajstić information content (AvgIpc) is 2.99. The number of fused-ring (bicyclic) bond motifs is 1. The lowest BCUT2D eigenvalue weighted by atomic mass is 10.1. The van der Waals surface area contributed by atoms with Gasteiger partial charge in [-0.25, -0.2) is 10.8 Å². The van der Waals surface area contributed by atoms with Crippen LogP contribution < -0.4 is 16.6 Å². The Hall–Kier alpha value is -2.18. The van der Waals surface area contributed by atoms with E-state index in [2.05, 4.69) is 15.7 Å². The van der Waals surface area contributed by atoms with Gasteiger partial charge in [-0.05, 0) is 11.8 Å². The summed E-state index contributed by atoms with van der Waals surface area (Å²) in [6.07, 6.45) is 2.39. The maximum atomic E-state index is 12.4. The molecule has 1 amide bonds. The lowest BCUT2D eigenvalue weighted by molar-refractivity contribution is 0.0931. The van der Waals surface area contributed by atoms with Crippen LogP contribution >= 0.6 is 0 Å². The number of benzene rings is 1. The van der Waals surface area contributed by atoms with E-state index in [0.717, 1.165) is 17.2 Å². The summed E-state index contributed by atoms with van der Waals surface area (Å²) in [6.45, 7) is 1.26. The number of ether oxygens (including phenoxy) is 1. The Morgan fingerprint density at radius 2 is 2.15 bits per heavy atom. The highest BCUT2D eigenvalue weighted by molar-refractivity contribution is 6.09. The van der Waals surface area contributed by atoms with Crippen LogP contribution in [0.25, 0.3) is 10.8 Å². The third-order valence-corrected chi connectivity index (χ3v) is 3.44. The molecule has 1 aliphatic rings. The zero-order valence-electron chi connectivity index (χ0n) is 10.9. The molecule has 2 aromatic rings. The Labute approximate surface area is 116 Å². The number of amides is 1. The van der Waals surface area contributed by atoms with Crippen LogP contribution in [0.1, 0.15) is 16.8 Å². The molecule has 0 spiro atoms. The first-order valence-electron chi connectivity index (χ1n) is 6.52. The van der Waals surface area contributed by atoms with Crippen molar-refractivity contribution in [3.63, 3.8) is 0 Å². The first-order valence-corrected chi connectivity index (χ1v) is 6.52. The maximum absolute atomic E-state index is 12.4. The number of hydrogen-bond acceptors (Lipinski definition) is 5. The zero-order valence-corrected chi connectivity index (χ0v) is 10.9. The molecule has 3 rings (SSSR count). The number of carbonyl (C=O) groups is 1. The smallest absolute Gasteiger partial charge is 0.253 e. The topological polar surface area (TPSA) is 89.3 Å². The number of nitrogens with zero attached hydrogens (tertiary/aromatic N) is 1. The number of aromatic nitrogens is 1. The van der Waals surface area contributed by atoms with E-state index in [-0.39, 0.29) is 11.9 Å². The molecule has 4 N–H and O–H groups in total. The quantitative estimate of drug-likeness (QED) is 0.574. The number of nitrogen functional groups attached to an aromatic ring is 1. The molecule has 104 valence electrons. The normalized spacial score (nSPS) is 18.1. The Morgan fingerprint density at radius 1 is 1.35 bits per heavy atom. The summed E-state index contributed by atoms with van der Waals surface area (Å²) in [5, 5.41) is 4.62. The van der Waals surface area contributed by atoms with E-state index < -0.39 is 0 Å². The van der Waals surface area contributed by atoms with E-state index >= 15 is 0 Å². The van der Waals surface area contributed by atoms with Crippen molar-refractivity contribution in [2.45, 2.75) is 12.5 Å². The van der Waals surface area contributed by atoms with Gasteiger partial charge < -0.3 is 15.5 Å². The van der Waals surface area contributed by atoms with Gasteiger partial charge in [-0.1, -0.05) is 24.3 Å². The summed E-state index contributed by atoms with van der Waals surface area (Å²) in [5.74, 6) is 5.87. The largest absolute Gasteiger partial charge is 0.379 e. The van der Waals surface area contributed by atoms with Gasteiger partial charge in [0.15, 0.2) is 0 Å². The lowest BCUT2D eigenvalue weighted by Crippen LogP contribution is -2.35. The molecular formula is C14H16N4O2. The Kier molecular flexibility index (Phi) is 3.49. The molecule has 0 radical (unpaired) electrons. The zero-order chi connectivity index (χ0) is 13.9. The van der Waals surface area contributed by atoms with Gasteiger partial charge >= 0.3 is 0 Å². The number of nitrogens with one attached hydrogen (secondary N) is 2. The summed E-state index contributed by atoms with van der Waals surface area (Å²) < 4.78 is 5.26.